The first-order valence-electron chi connectivity index (χ1n) is 3.99. The van der Waals surface area contributed by atoms with Crippen molar-refractivity contribution in [3.8, 4) is 0 Å². The lowest BCUT2D eigenvalue weighted by molar-refractivity contribution is 0.508. The van der Waals surface area contributed by atoms with Crippen molar-refractivity contribution in [2.45, 2.75) is 6.42 Å². The monoisotopic (exact) mass is 193 g/mol. The van der Waals surface area contributed by atoms with Crippen molar-refractivity contribution < 1.29 is 4.42 Å². The Labute approximate surface area is 81.2 Å². The maximum atomic E-state index is 5.60. The number of aromatic nitrogens is 1. The molecule has 0 saturated heterocycles. The lowest BCUT2D eigenvalue weighted by atomic mass is 10.2. The summed E-state index contributed by atoms with van der Waals surface area (Å²) in [6.45, 7) is 0. The minimum atomic E-state index is 0.339. The first-order chi connectivity index (χ1) is 6.34. The summed E-state index contributed by atoms with van der Waals surface area (Å²) < 4.78 is 5.14. The molecule has 0 fully saturated rings. The summed E-state index contributed by atoms with van der Waals surface area (Å²) >= 11 is 5.60. The molecule has 0 aliphatic rings. The SMILES string of the molecule is Clc1cnc(Cc2ccccc2)o1. The van der Waals surface area contributed by atoms with Gasteiger partial charge < -0.3 is 4.42 Å². The van der Waals surface area contributed by atoms with Gasteiger partial charge in [-0.3, -0.25) is 0 Å². The van der Waals surface area contributed by atoms with Gasteiger partial charge in [-0.05, 0) is 17.2 Å². The molecule has 0 spiro atoms. The van der Waals surface area contributed by atoms with Crippen LogP contribution in [0.15, 0.2) is 40.9 Å². The van der Waals surface area contributed by atoms with Crippen molar-refractivity contribution in [3.63, 3.8) is 0 Å². The maximum absolute atomic E-state index is 5.60. The number of rotatable bonds is 2. The molecule has 0 saturated carbocycles. The van der Waals surface area contributed by atoms with Crippen LogP contribution in [0.1, 0.15) is 11.5 Å². The third-order valence-electron chi connectivity index (χ3n) is 1.72. The standard InChI is InChI=1S/C10H8ClNO/c11-9-7-12-10(13-9)6-8-4-2-1-3-5-8/h1-5,7H,6H2. The Morgan fingerprint density at radius 3 is 2.62 bits per heavy atom. The third-order valence-corrected chi connectivity index (χ3v) is 1.90. The summed E-state index contributed by atoms with van der Waals surface area (Å²) in [5.74, 6) is 0.649. The molecule has 1 aromatic carbocycles. The molecular formula is C10H8ClNO. The Balaban J connectivity index is 2.15. The summed E-state index contributed by atoms with van der Waals surface area (Å²) in [4.78, 5) is 4.01. The Bertz CT molecular complexity index is 383. The number of nitrogens with zero attached hydrogens (tertiary/aromatic N) is 1. The van der Waals surface area contributed by atoms with Gasteiger partial charge in [-0.1, -0.05) is 30.3 Å². The largest absolute Gasteiger partial charge is 0.429 e. The Morgan fingerprint density at radius 1 is 1.23 bits per heavy atom. The van der Waals surface area contributed by atoms with E-state index in [2.05, 4.69) is 4.98 Å². The first kappa shape index (κ1) is 8.32. The van der Waals surface area contributed by atoms with E-state index in [1.807, 2.05) is 30.3 Å². The molecule has 0 bridgehead atoms. The van der Waals surface area contributed by atoms with Crippen molar-refractivity contribution >= 4 is 11.6 Å². The van der Waals surface area contributed by atoms with Crippen LogP contribution in [-0.4, -0.2) is 4.98 Å². The molecule has 0 aliphatic heterocycles. The first-order valence-corrected chi connectivity index (χ1v) is 4.36. The van der Waals surface area contributed by atoms with Gasteiger partial charge in [0, 0.05) is 6.42 Å². The lowest BCUT2D eigenvalue weighted by Gasteiger charge is -1.94. The molecule has 0 atom stereocenters. The van der Waals surface area contributed by atoms with E-state index in [0.717, 1.165) is 0 Å². The number of halogens is 1. The van der Waals surface area contributed by atoms with Crippen LogP contribution in [0.25, 0.3) is 0 Å². The normalized spacial score (nSPS) is 10.2. The molecule has 1 heterocycles. The Kier molecular flexibility index (Phi) is 2.32. The fraction of sp³-hybridized carbons (Fsp3) is 0.100. The third kappa shape index (κ3) is 2.10. The summed E-state index contributed by atoms with van der Waals surface area (Å²) in [5, 5.41) is 0.339. The minimum absolute atomic E-state index is 0.339. The van der Waals surface area contributed by atoms with Gasteiger partial charge in [-0.15, -0.1) is 0 Å². The molecular weight excluding hydrogens is 186 g/mol. The number of hydrogen-bond donors (Lipinski definition) is 0. The average molecular weight is 194 g/mol. The van der Waals surface area contributed by atoms with E-state index in [1.54, 1.807) is 0 Å². The Morgan fingerprint density at radius 2 is 2.00 bits per heavy atom. The van der Waals surface area contributed by atoms with E-state index in [9.17, 15) is 0 Å². The van der Waals surface area contributed by atoms with Crippen molar-refractivity contribution in [1.29, 1.82) is 0 Å². The van der Waals surface area contributed by atoms with Crippen LogP contribution in [0.2, 0.25) is 5.22 Å². The molecule has 2 aromatic rings. The van der Waals surface area contributed by atoms with Crippen LogP contribution >= 0.6 is 11.6 Å². The van der Waals surface area contributed by atoms with E-state index in [1.165, 1.54) is 11.8 Å². The molecule has 2 nitrogen and oxygen atoms in total. The lowest BCUT2D eigenvalue weighted by Crippen LogP contribution is -1.86. The zero-order valence-electron chi connectivity index (χ0n) is 6.90. The quantitative estimate of drug-likeness (QED) is 0.733. The maximum Gasteiger partial charge on any atom is 0.213 e. The minimum Gasteiger partial charge on any atom is -0.429 e. The van der Waals surface area contributed by atoms with Crippen molar-refractivity contribution in [1.82, 2.24) is 4.98 Å². The van der Waals surface area contributed by atoms with Crippen molar-refractivity contribution in [2.24, 2.45) is 0 Å². The number of benzene rings is 1. The highest BCUT2D eigenvalue weighted by Gasteiger charge is 2.01. The van der Waals surface area contributed by atoms with E-state index in [0.29, 0.717) is 17.5 Å². The van der Waals surface area contributed by atoms with Crippen LogP contribution < -0.4 is 0 Å². The summed E-state index contributed by atoms with van der Waals surface area (Å²) in [6.07, 6.45) is 2.20. The molecule has 13 heavy (non-hydrogen) atoms. The zero-order chi connectivity index (χ0) is 9.10. The number of hydrogen-bond acceptors (Lipinski definition) is 2. The van der Waals surface area contributed by atoms with Gasteiger partial charge in [-0.25, -0.2) is 4.98 Å². The van der Waals surface area contributed by atoms with Gasteiger partial charge in [0.05, 0.1) is 6.20 Å². The molecule has 0 amide bonds. The van der Waals surface area contributed by atoms with Gasteiger partial charge in [0.25, 0.3) is 0 Å². The van der Waals surface area contributed by atoms with E-state index in [-0.39, 0.29) is 0 Å². The highest BCUT2D eigenvalue weighted by Crippen LogP contribution is 2.13. The molecule has 66 valence electrons. The van der Waals surface area contributed by atoms with Gasteiger partial charge in [0.1, 0.15) is 0 Å². The molecule has 0 unspecified atom stereocenters. The molecule has 3 heteroatoms. The summed E-state index contributed by atoms with van der Waals surface area (Å²) in [7, 11) is 0. The van der Waals surface area contributed by atoms with Gasteiger partial charge in [0.2, 0.25) is 11.1 Å². The van der Waals surface area contributed by atoms with Gasteiger partial charge in [-0.2, -0.15) is 0 Å². The molecule has 0 radical (unpaired) electrons. The van der Waals surface area contributed by atoms with Crippen LogP contribution in [0, 0.1) is 0 Å². The second kappa shape index (κ2) is 3.62. The van der Waals surface area contributed by atoms with Crippen LogP contribution in [0.5, 0.6) is 0 Å². The topological polar surface area (TPSA) is 26.0 Å². The zero-order valence-corrected chi connectivity index (χ0v) is 7.66. The summed E-state index contributed by atoms with van der Waals surface area (Å²) in [5.41, 5.74) is 1.17. The van der Waals surface area contributed by atoms with E-state index >= 15 is 0 Å². The molecule has 0 N–H and O–H groups in total. The highest BCUT2D eigenvalue weighted by molar-refractivity contribution is 6.28. The Hall–Kier alpha value is -1.28. The predicted molar refractivity (Wildman–Crippen MR) is 50.8 cm³/mol. The molecule has 0 aliphatic carbocycles. The molecule has 2 rings (SSSR count). The van der Waals surface area contributed by atoms with Gasteiger partial charge in [0.15, 0.2) is 0 Å². The van der Waals surface area contributed by atoms with Crippen LogP contribution in [0.3, 0.4) is 0 Å². The van der Waals surface area contributed by atoms with Crippen LogP contribution in [0.4, 0.5) is 0 Å². The van der Waals surface area contributed by atoms with Gasteiger partial charge >= 0.3 is 0 Å². The van der Waals surface area contributed by atoms with E-state index in [4.69, 9.17) is 16.0 Å². The second-order valence-electron chi connectivity index (χ2n) is 2.72. The van der Waals surface area contributed by atoms with Crippen molar-refractivity contribution in [3.05, 3.63) is 53.2 Å². The number of oxazole rings is 1. The van der Waals surface area contributed by atoms with Crippen molar-refractivity contribution in [2.75, 3.05) is 0 Å². The average Bonchev–Trinajstić information content (AvgIpc) is 2.53. The molecule has 1 aromatic heterocycles. The highest BCUT2D eigenvalue weighted by atomic mass is 35.5. The fourth-order valence-electron chi connectivity index (χ4n) is 1.14. The van der Waals surface area contributed by atoms with Crippen LogP contribution in [-0.2, 0) is 6.42 Å². The predicted octanol–water partition coefficient (Wildman–Crippen LogP) is 2.92. The summed E-state index contributed by atoms with van der Waals surface area (Å²) in [6, 6.07) is 10.0. The fourth-order valence-corrected chi connectivity index (χ4v) is 1.28. The smallest absolute Gasteiger partial charge is 0.213 e. The van der Waals surface area contributed by atoms with E-state index < -0.39 is 0 Å². The second-order valence-corrected chi connectivity index (χ2v) is 3.09.